The molecule has 2 aromatic rings. The number of carbonyl (C=O) groups is 1. The Hall–Kier alpha value is -1.97. The number of hydrogen-bond acceptors (Lipinski definition) is 3. The van der Waals surface area contributed by atoms with Gasteiger partial charge in [-0.15, -0.1) is 0 Å². The first-order valence-corrected chi connectivity index (χ1v) is 7.56. The van der Waals surface area contributed by atoms with Crippen molar-refractivity contribution < 1.29 is 9.53 Å². The molecule has 0 radical (unpaired) electrons. The molecule has 0 heterocycles. The molecule has 3 nitrogen and oxygen atoms in total. The lowest BCUT2D eigenvalue weighted by Gasteiger charge is -2.37. The van der Waals surface area contributed by atoms with Gasteiger partial charge in [0.1, 0.15) is 5.60 Å². The number of benzene rings is 2. The van der Waals surface area contributed by atoms with Crippen LogP contribution in [0.15, 0.2) is 48.5 Å². The van der Waals surface area contributed by atoms with Crippen molar-refractivity contribution in [3.8, 4) is 0 Å². The van der Waals surface area contributed by atoms with Gasteiger partial charge < -0.3 is 9.64 Å². The maximum atomic E-state index is 12.7. The fourth-order valence-corrected chi connectivity index (χ4v) is 3.07. The number of fused-ring (bicyclic) bond motifs is 2. The summed E-state index contributed by atoms with van der Waals surface area (Å²) in [5.74, 6) is 0.0832. The second-order valence-corrected chi connectivity index (χ2v) is 6.11. The lowest BCUT2D eigenvalue weighted by atomic mass is 9.75. The molecule has 114 valence electrons. The van der Waals surface area contributed by atoms with Crippen LogP contribution in [0.25, 0.3) is 0 Å². The Morgan fingerprint density at radius 2 is 1.45 bits per heavy atom. The quantitative estimate of drug-likeness (QED) is 0.868. The normalized spacial score (nSPS) is 15.5. The van der Waals surface area contributed by atoms with Gasteiger partial charge in [-0.1, -0.05) is 48.5 Å². The lowest BCUT2D eigenvalue weighted by molar-refractivity contribution is -0.0122. The zero-order valence-electron chi connectivity index (χ0n) is 13.3. The molecule has 22 heavy (non-hydrogen) atoms. The van der Waals surface area contributed by atoms with E-state index in [-0.39, 0.29) is 5.78 Å². The third-order valence-electron chi connectivity index (χ3n) is 4.30. The molecular weight excluding hydrogens is 274 g/mol. The van der Waals surface area contributed by atoms with Crippen LogP contribution in [0, 0.1) is 0 Å². The molecule has 0 N–H and O–H groups in total. The van der Waals surface area contributed by atoms with Crippen molar-refractivity contribution in [1.29, 1.82) is 0 Å². The van der Waals surface area contributed by atoms with Crippen molar-refractivity contribution >= 4 is 5.78 Å². The van der Waals surface area contributed by atoms with E-state index in [4.69, 9.17) is 4.74 Å². The summed E-state index contributed by atoms with van der Waals surface area (Å²) in [4.78, 5) is 14.8. The molecule has 0 aliphatic heterocycles. The number of likely N-dealkylation sites (N-methyl/N-ethyl adjacent to an activating group) is 1. The van der Waals surface area contributed by atoms with Crippen molar-refractivity contribution in [1.82, 2.24) is 4.90 Å². The van der Waals surface area contributed by atoms with Gasteiger partial charge in [-0.2, -0.15) is 0 Å². The van der Waals surface area contributed by atoms with E-state index >= 15 is 0 Å². The standard InChI is InChI=1S/C19H21NO2/c1-19(22-13-12-20(2)3)16-10-6-4-8-14(16)18(21)15-9-5-7-11-17(15)19/h4-11H,12-13H2,1-3H3. The van der Waals surface area contributed by atoms with Gasteiger partial charge in [0.25, 0.3) is 0 Å². The first kappa shape index (κ1) is 14.9. The maximum absolute atomic E-state index is 12.7. The van der Waals surface area contributed by atoms with Crippen LogP contribution in [0.1, 0.15) is 34.0 Å². The van der Waals surface area contributed by atoms with E-state index < -0.39 is 5.60 Å². The minimum atomic E-state index is -0.586. The van der Waals surface area contributed by atoms with Crippen LogP contribution in [0.3, 0.4) is 0 Å². The largest absolute Gasteiger partial charge is 0.364 e. The summed E-state index contributed by atoms with van der Waals surface area (Å²) in [6.07, 6.45) is 0. The summed E-state index contributed by atoms with van der Waals surface area (Å²) >= 11 is 0. The highest BCUT2D eigenvalue weighted by Crippen LogP contribution is 2.42. The maximum Gasteiger partial charge on any atom is 0.193 e. The van der Waals surface area contributed by atoms with Gasteiger partial charge in [-0.25, -0.2) is 0 Å². The predicted octanol–water partition coefficient (Wildman–Crippen LogP) is 3.07. The van der Waals surface area contributed by atoms with Gasteiger partial charge in [0, 0.05) is 17.7 Å². The summed E-state index contributed by atoms with van der Waals surface area (Å²) in [6.45, 7) is 3.51. The van der Waals surface area contributed by atoms with Gasteiger partial charge in [-0.05, 0) is 32.1 Å². The Morgan fingerprint density at radius 1 is 0.955 bits per heavy atom. The van der Waals surface area contributed by atoms with E-state index in [1.54, 1.807) is 0 Å². The highest BCUT2D eigenvalue weighted by Gasteiger charge is 2.40. The highest BCUT2D eigenvalue weighted by atomic mass is 16.5. The minimum Gasteiger partial charge on any atom is -0.364 e. The summed E-state index contributed by atoms with van der Waals surface area (Å²) in [5.41, 5.74) is 2.81. The van der Waals surface area contributed by atoms with Crippen LogP contribution in [0.5, 0.6) is 0 Å². The smallest absolute Gasteiger partial charge is 0.193 e. The molecule has 0 saturated carbocycles. The second kappa shape index (κ2) is 5.67. The van der Waals surface area contributed by atoms with Gasteiger partial charge in [-0.3, -0.25) is 4.79 Å². The lowest BCUT2D eigenvalue weighted by Crippen LogP contribution is -2.37. The molecule has 0 spiro atoms. The zero-order valence-corrected chi connectivity index (χ0v) is 13.3. The first-order valence-electron chi connectivity index (χ1n) is 7.56. The molecule has 0 atom stereocenters. The van der Waals surface area contributed by atoms with Gasteiger partial charge >= 0.3 is 0 Å². The second-order valence-electron chi connectivity index (χ2n) is 6.11. The molecule has 0 unspecified atom stereocenters. The topological polar surface area (TPSA) is 29.5 Å². The van der Waals surface area contributed by atoms with E-state index in [9.17, 15) is 4.79 Å². The summed E-state index contributed by atoms with van der Waals surface area (Å²) in [6, 6.07) is 15.5. The Bertz CT molecular complexity index is 657. The van der Waals surface area contributed by atoms with E-state index in [0.29, 0.717) is 6.61 Å². The van der Waals surface area contributed by atoms with E-state index in [0.717, 1.165) is 28.8 Å². The number of carbonyl (C=O) groups excluding carboxylic acids is 1. The minimum absolute atomic E-state index is 0.0832. The van der Waals surface area contributed by atoms with E-state index in [1.165, 1.54) is 0 Å². The molecule has 0 fully saturated rings. The Balaban J connectivity index is 2.09. The van der Waals surface area contributed by atoms with Crippen LogP contribution in [0.2, 0.25) is 0 Å². The van der Waals surface area contributed by atoms with Crippen molar-refractivity contribution in [3.63, 3.8) is 0 Å². The molecular formula is C19H21NO2. The Kier molecular flexibility index (Phi) is 3.85. The summed E-state index contributed by atoms with van der Waals surface area (Å²) in [5, 5.41) is 0. The van der Waals surface area contributed by atoms with Crippen LogP contribution in [-0.2, 0) is 10.3 Å². The average molecular weight is 295 g/mol. The van der Waals surface area contributed by atoms with E-state index in [1.807, 2.05) is 62.6 Å². The van der Waals surface area contributed by atoms with Crippen LogP contribution in [-0.4, -0.2) is 37.9 Å². The number of ether oxygens (including phenoxy) is 1. The fraction of sp³-hybridized carbons (Fsp3) is 0.316. The molecule has 0 saturated heterocycles. The summed E-state index contributed by atoms with van der Waals surface area (Å²) in [7, 11) is 4.05. The molecule has 0 amide bonds. The highest BCUT2D eigenvalue weighted by molar-refractivity contribution is 6.13. The number of nitrogens with zero attached hydrogens (tertiary/aromatic N) is 1. The third-order valence-corrected chi connectivity index (χ3v) is 4.30. The molecule has 2 aromatic carbocycles. The van der Waals surface area contributed by atoms with Crippen LogP contribution < -0.4 is 0 Å². The Morgan fingerprint density at radius 3 is 1.95 bits per heavy atom. The number of ketones is 1. The van der Waals surface area contributed by atoms with Crippen LogP contribution >= 0.6 is 0 Å². The monoisotopic (exact) mass is 295 g/mol. The Labute approximate surface area is 131 Å². The molecule has 0 aromatic heterocycles. The molecule has 1 aliphatic rings. The predicted molar refractivity (Wildman–Crippen MR) is 87.3 cm³/mol. The molecule has 3 rings (SSSR count). The van der Waals surface area contributed by atoms with Crippen molar-refractivity contribution in [2.24, 2.45) is 0 Å². The number of rotatable bonds is 4. The molecule has 1 aliphatic carbocycles. The molecule has 0 bridgehead atoms. The van der Waals surface area contributed by atoms with E-state index in [2.05, 4.69) is 11.8 Å². The van der Waals surface area contributed by atoms with Gasteiger partial charge in [0.15, 0.2) is 5.78 Å². The number of hydrogen-bond donors (Lipinski definition) is 0. The SMILES string of the molecule is CN(C)CCOC1(C)c2ccccc2C(=O)c2ccccc21. The summed E-state index contributed by atoms with van der Waals surface area (Å²) < 4.78 is 6.29. The third kappa shape index (κ3) is 2.36. The van der Waals surface area contributed by atoms with Crippen molar-refractivity contribution in [2.75, 3.05) is 27.2 Å². The molecule has 3 heteroatoms. The van der Waals surface area contributed by atoms with Crippen molar-refractivity contribution in [3.05, 3.63) is 70.8 Å². The van der Waals surface area contributed by atoms with Gasteiger partial charge in [0.2, 0.25) is 0 Å². The van der Waals surface area contributed by atoms with Crippen molar-refractivity contribution in [2.45, 2.75) is 12.5 Å². The van der Waals surface area contributed by atoms with Gasteiger partial charge in [0.05, 0.1) is 6.61 Å². The fourth-order valence-electron chi connectivity index (χ4n) is 3.07. The zero-order chi connectivity index (χ0) is 15.7. The first-order chi connectivity index (χ1) is 10.5. The average Bonchev–Trinajstić information content (AvgIpc) is 2.53. The van der Waals surface area contributed by atoms with Crippen LogP contribution in [0.4, 0.5) is 0 Å².